The van der Waals surface area contributed by atoms with Crippen LogP contribution in [0.4, 0.5) is 0 Å². The molecule has 3 aromatic carbocycles. The maximum Gasteiger partial charge on any atom is 0.196 e. The molecule has 0 fully saturated rings. The van der Waals surface area contributed by atoms with Gasteiger partial charge < -0.3 is 9.47 Å². The fourth-order valence-corrected chi connectivity index (χ4v) is 4.15. The smallest absolute Gasteiger partial charge is 0.196 e. The third-order valence-corrected chi connectivity index (χ3v) is 6.03. The van der Waals surface area contributed by atoms with Gasteiger partial charge in [0.05, 0.1) is 11.6 Å². The zero-order chi connectivity index (χ0) is 22.3. The maximum atomic E-state index is 6.27. The Labute approximate surface area is 201 Å². The lowest BCUT2D eigenvalue weighted by Crippen LogP contribution is -2.12. The summed E-state index contributed by atoms with van der Waals surface area (Å²) in [4.78, 5) is 0. The number of benzene rings is 3. The Morgan fingerprint density at radius 3 is 2.38 bits per heavy atom. The summed E-state index contributed by atoms with van der Waals surface area (Å²) in [5.74, 6) is 2.78. The number of hydrogen-bond donors (Lipinski definition) is 0. The van der Waals surface area contributed by atoms with Gasteiger partial charge in [0.1, 0.15) is 11.5 Å². The van der Waals surface area contributed by atoms with Crippen LogP contribution >= 0.6 is 35.0 Å². The Morgan fingerprint density at radius 1 is 0.906 bits per heavy atom. The van der Waals surface area contributed by atoms with Crippen LogP contribution in [0.2, 0.25) is 10.0 Å². The van der Waals surface area contributed by atoms with Crippen molar-refractivity contribution in [3.05, 3.63) is 94.7 Å². The Morgan fingerprint density at radius 2 is 1.62 bits per heavy atom. The van der Waals surface area contributed by atoms with Gasteiger partial charge in [-0.1, -0.05) is 65.3 Å². The summed E-state index contributed by atoms with van der Waals surface area (Å²) in [7, 11) is 0. The van der Waals surface area contributed by atoms with Crippen molar-refractivity contribution in [3.8, 4) is 17.2 Å². The van der Waals surface area contributed by atoms with E-state index in [1.807, 2.05) is 84.3 Å². The van der Waals surface area contributed by atoms with Gasteiger partial charge in [0.15, 0.2) is 17.1 Å². The topological polar surface area (TPSA) is 49.2 Å². The molecule has 0 spiro atoms. The van der Waals surface area contributed by atoms with Crippen LogP contribution in [-0.2, 0) is 0 Å². The van der Waals surface area contributed by atoms with Crippen LogP contribution in [-0.4, -0.2) is 27.1 Å². The molecule has 0 aliphatic heterocycles. The minimum absolute atomic E-state index is 0.359. The zero-order valence-electron chi connectivity index (χ0n) is 17.3. The molecule has 0 radical (unpaired) electrons. The van der Waals surface area contributed by atoms with Crippen LogP contribution in [0.3, 0.4) is 0 Å². The van der Waals surface area contributed by atoms with E-state index in [2.05, 4.69) is 10.2 Å². The van der Waals surface area contributed by atoms with Gasteiger partial charge >= 0.3 is 0 Å². The highest BCUT2D eigenvalue weighted by Gasteiger charge is 2.21. The molecule has 0 saturated carbocycles. The Kier molecular flexibility index (Phi) is 7.58. The second-order valence-corrected chi connectivity index (χ2v) is 8.76. The summed E-state index contributed by atoms with van der Waals surface area (Å²) < 4.78 is 13.9. The summed E-state index contributed by atoms with van der Waals surface area (Å²) >= 11 is 13.8. The third kappa shape index (κ3) is 5.57. The standard InChI is InChI=1S/C24H21Cl2N3O2S/c1-17(31-22-10-6-5-9-21(22)26)23-27-28-24(29(23)19-7-3-2-4-8-19)32-16-15-30-20-13-11-18(25)12-14-20/h2-14,17H,15-16H2,1H3. The molecule has 0 saturated heterocycles. The van der Waals surface area contributed by atoms with E-state index in [4.69, 9.17) is 32.7 Å². The molecule has 164 valence electrons. The molecule has 32 heavy (non-hydrogen) atoms. The van der Waals surface area contributed by atoms with Crippen molar-refractivity contribution in [3.63, 3.8) is 0 Å². The predicted molar refractivity (Wildman–Crippen MR) is 130 cm³/mol. The largest absolute Gasteiger partial charge is 0.493 e. The first-order valence-corrected chi connectivity index (χ1v) is 11.8. The number of nitrogens with zero attached hydrogens (tertiary/aromatic N) is 3. The molecule has 0 amide bonds. The van der Waals surface area contributed by atoms with E-state index >= 15 is 0 Å². The van der Waals surface area contributed by atoms with Crippen LogP contribution in [0.15, 0.2) is 84.0 Å². The summed E-state index contributed by atoms with van der Waals surface area (Å²) in [6.07, 6.45) is -0.359. The molecule has 1 atom stereocenters. The lowest BCUT2D eigenvalue weighted by atomic mass is 10.3. The van der Waals surface area contributed by atoms with Crippen molar-refractivity contribution in [2.45, 2.75) is 18.2 Å². The molecule has 4 rings (SSSR count). The van der Waals surface area contributed by atoms with E-state index in [1.54, 1.807) is 17.8 Å². The van der Waals surface area contributed by atoms with Gasteiger partial charge in [-0.3, -0.25) is 4.57 Å². The average molecular weight is 486 g/mol. The second kappa shape index (κ2) is 10.8. The molecule has 1 heterocycles. The van der Waals surface area contributed by atoms with Gasteiger partial charge in [0.25, 0.3) is 0 Å². The van der Waals surface area contributed by atoms with Gasteiger partial charge in [-0.15, -0.1) is 10.2 Å². The molecule has 1 aromatic heterocycles. The summed E-state index contributed by atoms with van der Waals surface area (Å²) in [5.41, 5.74) is 0.961. The maximum absolute atomic E-state index is 6.27. The van der Waals surface area contributed by atoms with Crippen molar-refractivity contribution >= 4 is 35.0 Å². The van der Waals surface area contributed by atoms with E-state index in [9.17, 15) is 0 Å². The number of para-hydroxylation sites is 2. The lowest BCUT2D eigenvalue weighted by Gasteiger charge is -2.17. The molecular weight excluding hydrogens is 465 g/mol. The highest BCUT2D eigenvalue weighted by molar-refractivity contribution is 7.99. The predicted octanol–water partition coefficient (Wildman–Crippen LogP) is 6.89. The second-order valence-electron chi connectivity index (χ2n) is 6.85. The van der Waals surface area contributed by atoms with Crippen molar-refractivity contribution in [2.24, 2.45) is 0 Å². The van der Waals surface area contributed by atoms with Crippen LogP contribution in [0.25, 0.3) is 5.69 Å². The monoisotopic (exact) mass is 485 g/mol. The molecule has 8 heteroatoms. The highest BCUT2D eigenvalue weighted by atomic mass is 35.5. The number of aromatic nitrogens is 3. The average Bonchev–Trinajstić information content (AvgIpc) is 3.24. The molecule has 0 bridgehead atoms. The van der Waals surface area contributed by atoms with E-state index in [1.165, 1.54) is 0 Å². The molecule has 0 aliphatic rings. The van der Waals surface area contributed by atoms with Crippen LogP contribution < -0.4 is 9.47 Å². The number of rotatable bonds is 9. The summed E-state index contributed by atoms with van der Waals surface area (Å²) in [6, 6.07) is 24.7. The van der Waals surface area contributed by atoms with Gasteiger partial charge in [-0.25, -0.2) is 0 Å². The number of thioether (sulfide) groups is 1. The number of ether oxygens (including phenoxy) is 2. The van der Waals surface area contributed by atoms with Crippen molar-refractivity contribution in [2.75, 3.05) is 12.4 Å². The fraction of sp³-hybridized carbons (Fsp3) is 0.167. The van der Waals surface area contributed by atoms with E-state index < -0.39 is 0 Å². The fourth-order valence-electron chi connectivity index (χ4n) is 3.06. The van der Waals surface area contributed by atoms with Gasteiger partial charge in [0, 0.05) is 16.5 Å². The van der Waals surface area contributed by atoms with E-state index in [0.717, 1.165) is 16.6 Å². The Balaban J connectivity index is 1.50. The Hall–Kier alpha value is -2.67. The molecule has 1 unspecified atom stereocenters. The zero-order valence-corrected chi connectivity index (χ0v) is 19.6. The van der Waals surface area contributed by atoms with E-state index in [-0.39, 0.29) is 6.10 Å². The first-order chi connectivity index (χ1) is 15.6. The first kappa shape index (κ1) is 22.5. The number of halogens is 2. The molecular formula is C24H21Cl2N3O2S. The van der Waals surface area contributed by atoms with Gasteiger partial charge in [-0.05, 0) is 55.5 Å². The van der Waals surface area contributed by atoms with Crippen molar-refractivity contribution < 1.29 is 9.47 Å². The van der Waals surface area contributed by atoms with Crippen molar-refractivity contribution in [1.29, 1.82) is 0 Å². The van der Waals surface area contributed by atoms with Gasteiger partial charge in [0.2, 0.25) is 0 Å². The van der Waals surface area contributed by atoms with Crippen molar-refractivity contribution in [1.82, 2.24) is 14.8 Å². The Bertz CT molecular complexity index is 1150. The minimum atomic E-state index is -0.359. The lowest BCUT2D eigenvalue weighted by molar-refractivity contribution is 0.213. The summed E-state index contributed by atoms with van der Waals surface area (Å²) in [5, 5.41) is 10.9. The molecule has 0 N–H and O–H groups in total. The van der Waals surface area contributed by atoms with E-state index in [0.29, 0.717) is 34.0 Å². The summed E-state index contributed by atoms with van der Waals surface area (Å²) in [6.45, 7) is 2.46. The quantitative estimate of drug-likeness (QED) is 0.191. The van der Waals surface area contributed by atoms with Crippen LogP contribution in [0, 0.1) is 0 Å². The SMILES string of the molecule is CC(Oc1ccccc1Cl)c1nnc(SCCOc2ccc(Cl)cc2)n1-c1ccccc1. The number of hydrogen-bond acceptors (Lipinski definition) is 5. The van der Waals surface area contributed by atoms with Crippen LogP contribution in [0.5, 0.6) is 11.5 Å². The van der Waals surface area contributed by atoms with Gasteiger partial charge in [-0.2, -0.15) is 0 Å². The molecule has 4 aromatic rings. The first-order valence-electron chi connectivity index (χ1n) is 10.0. The molecule has 5 nitrogen and oxygen atoms in total. The minimum Gasteiger partial charge on any atom is -0.493 e. The normalized spacial score (nSPS) is 11.8. The third-order valence-electron chi connectivity index (χ3n) is 4.57. The molecule has 0 aliphatic carbocycles. The van der Waals surface area contributed by atoms with Crippen LogP contribution in [0.1, 0.15) is 18.9 Å². The highest BCUT2D eigenvalue weighted by Crippen LogP contribution is 2.31.